The van der Waals surface area contributed by atoms with E-state index >= 15 is 0 Å². The average molecular weight is 368 g/mol. The minimum Gasteiger partial charge on any atom is -0.348 e. The van der Waals surface area contributed by atoms with Crippen LogP contribution in [0.2, 0.25) is 0 Å². The summed E-state index contributed by atoms with van der Waals surface area (Å²) in [5, 5.41) is 17.1. The summed E-state index contributed by atoms with van der Waals surface area (Å²) in [6, 6.07) is 21.6. The molecule has 0 atom stereocenters. The van der Waals surface area contributed by atoms with Crippen molar-refractivity contribution in [2.75, 3.05) is 10.6 Å². The molecule has 0 saturated carbocycles. The van der Waals surface area contributed by atoms with E-state index in [-0.39, 0.29) is 5.91 Å². The maximum Gasteiger partial charge on any atom is 0.323 e. The molecule has 0 aromatic heterocycles. The van der Waals surface area contributed by atoms with Crippen LogP contribution in [0.15, 0.2) is 66.7 Å². The van der Waals surface area contributed by atoms with Gasteiger partial charge in [-0.3, -0.25) is 4.79 Å². The summed E-state index contributed by atoms with van der Waals surface area (Å²) in [6.45, 7) is 0.422. The second-order valence-electron chi connectivity index (χ2n) is 6.33. The standard InChI is InChI=1S/C22H16N4O2/c23-12-14-6-8-16(9-7-14)25-22(28)26-19-11-10-17(15-4-2-1-3-5-15)18-13-24-21(27)20(18)19/h1-11H,13H2,(H,24,27)(H2,25,26,28). The van der Waals surface area contributed by atoms with E-state index in [1.807, 2.05) is 42.5 Å². The van der Waals surface area contributed by atoms with Gasteiger partial charge in [0.25, 0.3) is 5.91 Å². The van der Waals surface area contributed by atoms with Crippen molar-refractivity contribution in [1.82, 2.24) is 5.32 Å². The third-order valence-corrected chi connectivity index (χ3v) is 4.57. The van der Waals surface area contributed by atoms with Crippen LogP contribution in [0.25, 0.3) is 11.1 Å². The number of hydrogen-bond donors (Lipinski definition) is 3. The highest BCUT2D eigenvalue weighted by atomic mass is 16.2. The molecule has 1 aliphatic rings. The Labute approximate surface area is 161 Å². The lowest BCUT2D eigenvalue weighted by atomic mass is 9.95. The van der Waals surface area contributed by atoms with Crippen LogP contribution in [0.1, 0.15) is 21.5 Å². The van der Waals surface area contributed by atoms with Gasteiger partial charge < -0.3 is 16.0 Å². The van der Waals surface area contributed by atoms with Crippen LogP contribution >= 0.6 is 0 Å². The van der Waals surface area contributed by atoms with Crippen molar-refractivity contribution >= 4 is 23.3 Å². The number of carbonyl (C=O) groups is 2. The molecule has 3 aromatic carbocycles. The van der Waals surface area contributed by atoms with Crippen LogP contribution in [0.3, 0.4) is 0 Å². The third-order valence-electron chi connectivity index (χ3n) is 4.57. The molecule has 0 fully saturated rings. The molecule has 1 aliphatic heterocycles. The monoisotopic (exact) mass is 368 g/mol. The molecule has 6 nitrogen and oxygen atoms in total. The molecule has 0 unspecified atom stereocenters. The van der Waals surface area contributed by atoms with Gasteiger partial charge in [-0.25, -0.2) is 4.79 Å². The fourth-order valence-corrected chi connectivity index (χ4v) is 3.25. The number of amides is 3. The Kier molecular flexibility index (Phi) is 4.48. The van der Waals surface area contributed by atoms with Gasteiger partial charge in [0.05, 0.1) is 22.9 Å². The average Bonchev–Trinajstić information content (AvgIpc) is 3.12. The van der Waals surface area contributed by atoms with Gasteiger partial charge in [-0.15, -0.1) is 0 Å². The molecule has 136 valence electrons. The summed E-state index contributed by atoms with van der Waals surface area (Å²) in [6.07, 6.45) is 0. The first-order chi connectivity index (χ1) is 13.7. The van der Waals surface area contributed by atoms with Gasteiger partial charge in [0.15, 0.2) is 0 Å². The van der Waals surface area contributed by atoms with Crippen LogP contribution < -0.4 is 16.0 Å². The van der Waals surface area contributed by atoms with E-state index in [1.54, 1.807) is 30.3 Å². The smallest absolute Gasteiger partial charge is 0.323 e. The number of rotatable bonds is 3. The molecule has 3 N–H and O–H groups in total. The van der Waals surface area contributed by atoms with Crippen molar-refractivity contribution in [3.8, 4) is 17.2 Å². The van der Waals surface area contributed by atoms with Gasteiger partial charge in [0, 0.05) is 12.2 Å². The number of fused-ring (bicyclic) bond motifs is 1. The summed E-state index contributed by atoms with van der Waals surface area (Å²) < 4.78 is 0. The third kappa shape index (κ3) is 3.29. The summed E-state index contributed by atoms with van der Waals surface area (Å²) in [5.41, 5.74) is 4.85. The molecule has 0 aliphatic carbocycles. The molecule has 6 heteroatoms. The largest absolute Gasteiger partial charge is 0.348 e. The number of benzene rings is 3. The van der Waals surface area contributed by atoms with E-state index in [9.17, 15) is 9.59 Å². The number of hydrogen-bond acceptors (Lipinski definition) is 3. The van der Waals surface area contributed by atoms with E-state index in [0.717, 1.165) is 16.7 Å². The Balaban J connectivity index is 1.60. The predicted octanol–water partition coefficient (Wildman–Crippen LogP) is 4.11. The maximum absolute atomic E-state index is 12.4. The zero-order chi connectivity index (χ0) is 19.5. The highest BCUT2D eigenvalue weighted by molar-refractivity contribution is 6.10. The molecule has 0 bridgehead atoms. The molecule has 3 amide bonds. The topological polar surface area (TPSA) is 94.0 Å². The van der Waals surface area contributed by atoms with E-state index < -0.39 is 6.03 Å². The summed E-state index contributed by atoms with van der Waals surface area (Å²) in [4.78, 5) is 24.7. The Morgan fingerprint density at radius 3 is 2.43 bits per heavy atom. The summed E-state index contributed by atoms with van der Waals surface area (Å²) >= 11 is 0. The maximum atomic E-state index is 12.4. The zero-order valence-corrected chi connectivity index (χ0v) is 14.8. The van der Waals surface area contributed by atoms with E-state index in [2.05, 4.69) is 16.0 Å². The van der Waals surface area contributed by atoms with Crippen molar-refractivity contribution in [2.24, 2.45) is 0 Å². The Hall–Kier alpha value is -4.11. The molecule has 4 rings (SSSR count). The first-order valence-corrected chi connectivity index (χ1v) is 8.73. The first-order valence-electron chi connectivity index (χ1n) is 8.73. The SMILES string of the molecule is N#Cc1ccc(NC(=O)Nc2ccc(-c3ccccc3)c3c2C(=O)NC3)cc1. The normalized spacial score (nSPS) is 11.9. The Morgan fingerprint density at radius 1 is 0.964 bits per heavy atom. The lowest BCUT2D eigenvalue weighted by Gasteiger charge is -2.13. The van der Waals surface area contributed by atoms with E-state index in [0.29, 0.717) is 29.0 Å². The molecular formula is C22H16N4O2. The van der Waals surface area contributed by atoms with Crippen LogP contribution in [-0.2, 0) is 6.54 Å². The predicted molar refractivity (Wildman–Crippen MR) is 107 cm³/mol. The van der Waals surface area contributed by atoms with Crippen molar-refractivity contribution in [2.45, 2.75) is 6.54 Å². The van der Waals surface area contributed by atoms with E-state index in [1.165, 1.54) is 0 Å². The van der Waals surface area contributed by atoms with Crippen molar-refractivity contribution in [3.63, 3.8) is 0 Å². The van der Waals surface area contributed by atoms with E-state index in [4.69, 9.17) is 5.26 Å². The number of urea groups is 1. The fraction of sp³-hybridized carbons (Fsp3) is 0.0455. The molecule has 0 radical (unpaired) electrons. The summed E-state index contributed by atoms with van der Waals surface area (Å²) in [7, 11) is 0. The lowest BCUT2D eigenvalue weighted by molar-refractivity contribution is 0.0966. The van der Waals surface area contributed by atoms with Gasteiger partial charge >= 0.3 is 6.03 Å². The lowest BCUT2D eigenvalue weighted by Crippen LogP contribution is -2.21. The Morgan fingerprint density at radius 2 is 1.71 bits per heavy atom. The zero-order valence-electron chi connectivity index (χ0n) is 14.8. The number of nitrogens with zero attached hydrogens (tertiary/aromatic N) is 1. The van der Waals surface area contributed by atoms with Crippen molar-refractivity contribution in [1.29, 1.82) is 5.26 Å². The molecular weight excluding hydrogens is 352 g/mol. The van der Waals surface area contributed by atoms with Crippen LogP contribution in [-0.4, -0.2) is 11.9 Å². The van der Waals surface area contributed by atoms with Crippen molar-refractivity contribution < 1.29 is 9.59 Å². The molecule has 0 spiro atoms. The number of carbonyl (C=O) groups excluding carboxylic acids is 2. The molecule has 28 heavy (non-hydrogen) atoms. The minimum atomic E-state index is -0.459. The highest BCUT2D eigenvalue weighted by Crippen LogP contribution is 2.33. The van der Waals surface area contributed by atoms with Crippen LogP contribution in [0.4, 0.5) is 16.2 Å². The number of nitrogens with one attached hydrogen (secondary N) is 3. The highest BCUT2D eigenvalue weighted by Gasteiger charge is 2.26. The summed E-state index contributed by atoms with van der Waals surface area (Å²) in [5.74, 6) is -0.207. The van der Waals surface area contributed by atoms with Crippen molar-refractivity contribution in [3.05, 3.63) is 83.4 Å². The number of anilines is 2. The molecule has 0 saturated heterocycles. The van der Waals surface area contributed by atoms with Gasteiger partial charge in [0.2, 0.25) is 0 Å². The number of nitriles is 1. The minimum absolute atomic E-state index is 0.207. The Bertz CT molecular complexity index is 1100. The second kappa shape index (κ2) is 7.25. The van der Waals surface area contributed by atoms with Gasteiger partial charge in [0.1, 0.15) is 0 Å². The van der Waals surface area contributed by atoms with Gasteiger partial charge in [-0.1, -0.05) is 36.4 Å². The van der Waals surface area contributed by atoms with Crippen LogP contribution in [0, 0.1) is 11.3 Å². The molecule has 3 aromatic rings. The fourth-order valence-electron chi connectivity index (χ4n) is 3.25. The quantitative estimate of drug-likeness (QED) is 0.649. The second-order valence-corrected chi connectivity index (χ2v) is 6.33. The van der Waals surface area contributed by atoms with Gasteiger partial charge in [-0.2, -0.15) is 5.26 Å². The first kappa shape index (κ1) is 17.3. The molecule has 1 heterocycles. The van der Waals surface area contributed by atoms with Gasteiger partial charge in [-0.05, 0) is 47.0 Å². The van der Waals surface area contributed by atoms with Crippen LogP contribution in [0.5, 0.6) is 0 Å².